The van der Waals surface area contributed by atoms with E-state index in [4.69, 9.17) is 9.16 Å². The van der Waals surface area contributed by atoms with Gasteiger partial charge in [-0.05, 0) is 57.1 Å². The average Bonchev–Trinajstić information content (AvgIpc) is 3.48. The Morgan fingerprint density at radius 2 is 1.09 bits per heavy atom. The first-order valence-electron chi connectivity index (χ1n) is 17.8. The lowest BCUT2D eigenvalue weighted by atomic mass is 9.76. The highest BCUT2D eigenvalue weighted by Crippen LogP contribution is 2.45. The van der Waals surface area contributed by atoms with Crippen molar-refractivity contribution in [3.63, 3.8) is 0 Å². The van der Waals surface area contributed by atoms with Crippen LogP contribution in [0.25, 0.3) is 11.1 Å². The standard InChI is InChI=1S/C44H46N2O6Si/c1-43(2,3)53(4,5)52-39(38(41(48)49)45-42(50)51-29-37-35-27-17-15-25-33(35)34-26-16-18-28-36(34)37)40(47)46-44(30-19-9-6-10-20-30,31-21-11-7-12-22-31)32-23-13-8-14-24-32/h6-28,37-39H,29H2,1-5H3,(H,45,50)(H,46,47)(H,48,49)/t38-,39+/m0/s1. The molecule has 2 atom stereocenters. The maximum Gasteiger partial charge on any atom is 0.407 e. The number of benzene rings is 5. The van der Waals surface area contributed by atoms with E-state index in [0.29, 0.717) is 0 Å². The number of carbonyl (C=O) groups is 3. The number of rotatable bonds is 12. The molecule has 1 aliphatic carbocycles. The zero-order valence-corrected chi connectivity index (χ0v) is 31.7. The van der Waals surface area contributed by atoms with Crippen molar-refractivity contribution >= 4 is 26.3 Å². The number of aliphatic carboxylic acids is 1. The van der Waals surface area contributed by atoms with Crippen LogP contribution in [0.4, 0.5) is 4.79 Å². The molecule has 6 rings (SSSR count). The molecular weight excluding hydrogens is 681 g/mol. The van der Waals surface area contributed by atoms with Crippen LogP contribution in [0.15, 0.2) is 140 Å². The van der Waals surface area contributed by atoms with Gasteiger partial charge in [0, 0.05) is 5.92 Å². The summed E-state index contributed by atoms with van der Waals surface area (Å²) in [4.78, 5) is 41.8. The van der Waals surface area contributed by atoms with E-state index in [0.717, 1.165) is 38.9 Å². The van der Waals surface area contributed by atoms with Crippen molar-refractivity contribution in [2.45, 2.75) is 62.5 Å². The third kappa shape index (κ3) is 7.54. The third-order valence-corrected chi connectivity index (χ3v) is 15.1. The molecule has 0 saturated carbocycles. The Morgan fingerprint density at radius 1 is 0.679 bits per heavy atom. The van der Waals surface area contributed by atoms with Gasteiger partial charge in [-0.25, -0.2) is 9.59 Å². The first kappa shape index (κ1) is 37.3. The maximum atomic E-state index is 15.0. The molecule has 9 heteroatoms. The molecule has 0 heterocycles. The summed E-state index contributed by atoms with van der Waals surface area (Å²) in [5.74, 6) is -2.36. The predicted octanol–water partition coefficient (Wildman–Crippen LogP) is 8.48. The van der Waals surface area contributed by atoms with Crippen molar-refractivity contribution in [1.29, 1.82) is 0 Å². The molecule has 0 aromatic heterocycles. The van der Waals surface area contributed by atoms with Gasteiger partial charge < -0.3 is 24.9 Å². The molecule has 272 valence electrons. The number of hydrogen-bond donors (Lipinski definition) is 3. The lowest BCUT2D eigenvalue weighted by Gasteiger charge is -2.42. The molecule has 0 fully saturated rings. The van der Waals surface area contributed by atoms with Crippen LogP contribution in [0.1, 0.15) is 54.5 Å². The minimum Gasteiger partial charge on any atom is -0.480 e. The SMILES string of the molecule is CC(C)(C)[Si](C)(C)O[C@@H](C(=O)NC(c1ccccc1)(c1ccccc1)c1ccccc1)[C@H](NC(=O)OCC1c2ccccc2-c2ccccc21)C(=O)O. The van der Waals surface area contributed by atoms with Gasteiger partial charge in [0.15, 0.2) is 20.5 Å². The summed E-state index contributed by atoms with van der Waals surface area (Å²) in [6.45, 7) is 9.88. The lowest BCUT2D eigenvalue weighted by Crippen LogP contribution is -2.62. The van der Waals surface area contributed by atoms with Gasteiger partial charge in [-0.15, -0.1) is 0 Å². The third-order valence-electron chi connectivity index (χ3n) is 10.6. The van der Waals surface area contributed by atoms with E-state index >= 15 is 0 Å². The second kappa shape index (κ2) is 15.2. The number of ether oxygens (including phenoxy) is 1. The quantitative estimate of drug-likeness (QED) is 0.0878. The Labute approximate surface area is 312 Å². The van der Waals surface area contributed by atoms with Gasteiger partial charge in [0.1, 0.15) is 12.1 Å². The molecule has 0 saturated heterocycles. The summed E-state index contributed by atoms with van der Waals surface area (Å²) in [5, 5.41) is 16.1. The second-order valence-corrected chi connectivity index (χ2v) is 19.7. The Kier molecular flexibility index (Phi) is 10.7. The van der Waals surface area contributed by atoms with Crippen molar-refractivity contribution in [2.75, 3.05) is 6.61 Å². The van der Waals surface area contributed by atoms with E-state index in [2.05, 4.69) is 10.6 Å². The van der Waals surface area contributed by atoms with Crippen LogP contribution in [0.2, 0.25) is 18.1 Å². The molecule has 0 radical (unpaired) electrons. The molecule has 8 nitrogen and oxygen atoms in total. The van der Waals surface area contributed by atoms with Crippen LogP contribution in [0.5, 0.6) is 0 Å². The highest BCUT2D eigenvalue weighted by Gasteiger charge is 2.48. The Hall–Kier alpha value is -5.51. The van der Waals surface area contributed by atoms with Crippen LogP contribution >= 0.6 is 0 Å². The fraction of sp³-hybridized carbons (Fsp3) is 0.250. The van der Waals surface area contributed by atoms with Crippen LogP contribution in [0.3, 0.4) is 0 Å². The molecule has 0 bridgehead atoms. The summed E-state index contributed by atoms with van der Waals surface area (Å²) < 4.78 is 12.5. The zero-order chi connectivity index (χ0) is 37.8. The van der Waals surface area contributed by atoms with Gasteiger partial charge >= 0.3 is 12.1 Å². The van der Waals surface area contributed by atoms with Crippen LogP contribution in [-0.2, 0) is 24.3 Å². The Balaban J connectivity index is 1.36. The summed E-state index contributed by atoms with van der Waals surface area (Å²) in [6.07, 6.45) is -2.58. The fourth-order valence-corrected chi connectivity index (χ4v) is 8.07. The van der Waals surface area contributed by atoms with Gasteiger partial charge in [-0.2, -0.15) is 0 Å². The van der Waals surface area contributed by atoms with E-state index in [1.807, 2.05) is 173 Å². The average molecular weight is 727 g/mol. The zero-order valence-electron chi connectivity index (χ0n) is 30.7. The number of alkyl carbamates (subject to hydrolysis) is 1. The first-order chi connectivity index (χ1) is 25.3. The van der Waals surface area contributed by atoms with Crippen LogP contribution in [0, 0.1) is 0 Å². The smallest absolute Gasteiger partial charge is 0.407 e. The summed E-state index contributed by atoms with van der Waals surface area (Å²) >= 11 is 0. The largest absolute Gasteiger partial charge is 0.480 e. The normalized spacial score (nSPS) is 14.0. The van der Waals surface area contributed by atoms with Crippen molar-refractivity contribution < 1.29 is 28.7 Å². The van der Waals surface area contributed by atoms with Crippen LogP contribution < -0.4 is 10.6 Å². The lowest BCUT2D eigenvalue weighted by molar-refractivity contribution is -0.147. The van der Waals surface area contributed by atoms with Gasteiger partial charge in [0.2, 0.25) is 0 Å². The van der Waals surface area contributed by atoms with Crippen LogP contribution in [-0.4, -0.2) is 50.1 Å². The number of hydrogen-bond acceptors (Lipinski definition) is 5. The van der Waals surface area contributed by atoms with Gasteiger partial charge in [-0.3, -0.25) is 4.79 Å². The number of carboxylic acids is 1. The molecule has 5 aromatic rings. The summed E-state index contributed by atoms with van der Waals surface area (Å²) in [5.41, 5.74) is 5.21. The van der Waals surface area contributed by atoms with E-state index in [1.54, 1.807) is 0 Å². The predicted molar refractivity (Wildman–Crippen MR) is 209 cm³/mol. The molecule has 0 spiro atoms. The second-order valence-electron chi connectivity index (χ2n) is 14.9. The number of nitrogens with one attached hydrogen (secondary N) is 2. The van der Waals surface area contributed by atoms with Crippen molar-refractivity contribution in [3.05, 3.63) is 167 Å². The maximum absolute atomic E-state index is 15.0. The molecule has 53 heavy (non-hydrogen) atoms. The van der Waals surface area contributed by atoms with E-state index in [1.165, 1.54) is 0 Å². The molecule has 0 unspecified atom stereocenters. The number of fused-ring (bicyclic) bond motifs is 3. The molecule has 5 aromatic carbocycles. The van der Waals surface area contributed by atoms with Gasteiger partial charge in [-0.1, -0.05) is 160 Å². The molecular formula is C44H46N2O6Si. The van der Waals surface area contributed by atoms with Crippen molar-refractivity contribution in [2.24, 2.45) is 0 Å². The van der Waals surface area contributed by atoms with Crippen molar-refractivity contribution in [3.8, 4) is 11.1 Å². The Bertz CT molecular complexity index is 1920. The topological polar surface area (TPSA) is 114 Å². The number of amides is 2. The number of carboxylic acid groups (broad SMARTS) is 1. The highest BCUT2D eigenvalue weighted by atomic mass is 28.4. The van der Waals surface area contributed by atoms with Crippen molar-refractivity contribution in [1.82, 2.24) is 10.6 Å². The minimum atomic E-state index is -2.84. The monoisotopic (exact) mass is 726 g/mol. The summed E-state index contributed by atoms with van der Waals surface area (Å²) in [6, 6.07) is 42.7. The first-order valence-corrected chi connectivity index (χ1v) is 20.7. The minimum absolute atomic E-state index is 0.0225. The molecule has 2 amide bonds. The molecule has 3 N–H and O–H groups in total. The van der Waals surface area contributed by atoms with E-state index < -0.39 is 49.0 Å². The fourth-order valence-electron chi connectivity index (χ4n) is 6.84. The van der Waals surface area contributed by atoms with E-state index in [9.17, 15) is 19.5 Å². The highest BCUT2D eigenvalue weighted by molar-refractivity contribution is 6.74. The number of carbonyl (C=O) groups excluding carboxylic acids is 2. The van der Waals surface area contributed by atoms with Gasteiger partial charge in [0.25, 0.3) is 5.91 Å². The van der Waals surface area contributed by atoms with E-state index in [-0.39, 0.29) is 12.5 Å². The molecule has 1 aliphatic rings. The molecule has 0 aliphatic heterocycles. The van der Waals surface area contributed by atoms with Gasteiger partial charge in [0.05, 0.1) is 0 Å². The Morgan fingerprint density at radius 3 is 1.51 bits per heavy atom. The summed E-state index contributed by atoms with van der Waals surface area (Å²) in [7, 11) is -2.84.